The van der Waals surface area contributed by atoms with Crippen molar-refractivity contribution in [2.75, 3.05) is 6.61 Å². The van der Waals surface area contributed by atoms with Crippen molar-refractivity contribution in [3.8, 4) is 0 Å². The number of hydrogen-bond donors (Lipinski definition) is 2. The number of ether oxygens (including phenoxy) is 1. The maximum atomic E-state index is 13.8. The summed E-state index contributed by atoms with van der Waals surface area (Å²) in [5.41, 5.74) is 5.77. The van der Waals surface area contributed by atoms with Gasteiger partial charge in [-0.3, -0.25) is 0 Å². The van der Waals surface area contributed by atoms with E-state index in [0.717, 1.165) is 6.07 Å². The highest BCUT2D eigenvalue weighted by molar-refractivity contribution is 7.89. The Kier molecular flexibility index (Phi) is 4.66. The molecule has 3 N–H and O–H groups in total. The molecule has 0 aromatic heterocycles. The maximum absolute atomic E-state index is 13.8. The van der Waals surface area contributed by atoms with E-state index in [4.69, 9.17) is 22.1 Å². The molecule has 5 nitrogen and oxygen atoms in total. The van der Waals surface area contributed by atoms with Gasteiger partial charge in [-0.1, -0.05) is 17.7 Å². The summed E-state index contributed by atoms with van der Waals surface area (Å²) in [7, 11) is -4.03. The van der Waals surface area contributed by atoms with Crippen molar-refractivity contribution in [1.29, 1.82) is 0 Å². The van der Waals surface area contributed by atoms with Crippen molar-refractivity contribution in [2.45, 2.75) is 36.4 Å². The fourth-order valence-corrected chi connectivity index (χ4v) is 3.77. The normalized spacial score (nSPS) is 26.3. The molecule has 112 valence electrons. The highest BCUT2D eigenvalue weighted by atomic mass is 35.5. The molecule has 0 amide bonds. The Morgan fingerprint density at radius 2 is 2.25 bits per heavy atom. The Balaban J connectivity index is 2.21. The van der Waals surface area contributed by atoms with E-state index in [2.05, 4.69) is 4.72 Å². The number of hydrogen-bond acceptors (Lipinski definition) is 4. The summed E-state index contributed by atoms with van der Waals surface area (Å²) in [4.78, 5) is -0.487. The highest BCUT2D eigenvalue weighted by Crippen LogP contribution is 2.26. The van der Waals surface area contributed by atoms with E-state index in [-0.39, 0.29) is 17.2 Å². The minimum Gasteiger partial charge on any atom is -0.377 e. The van der Waals surface area contributed by atoms with Crippen molar-refractivity contribution >= 4 is 21.6 Å². The number of benzene rings is 1. The zero-order valence-electron chi connectivity index (χ0n) is 10.8. The smallest absolute Gasteiger partial charge is 0.243 e. The van der Waals surface area contributed by atoms with Crippen LogP contribution in [0.5, 0.6) is 0 Å². The summed E-state index contributed by atoms with van der Waals surface area (Å²) in [5.74, 6) is -0.970. The van der Waals surface area contributed by atoms with Crippen LogP contribution >= 0.6 is 11.6 Å². The number of nitrogens with two attached hydrogens (primary N) is 1. The molecule has 3 atom stereocenters. The third kappa shape index (κ3) is 2.96. The molecule has 0 heterocycles. The van der Waals surface area contributed by atoms with Crippen molar-refractivity contribution in [3.63, 3.8) is 0 Å². The minimum atomic E-state index is -4.03. The van der Waals surface area contributed by atoms with Crippen molar-refractivity contribution in [3.05, 3.63) is 29.0 Å². The predicted molar refractivity (Wildman–Crippen MR) is 73.5 cm³/mol. The molecule has 1 aromatic rings. The maximum Gasteiger partial charge on any atom is 0.243 e. The predicted octanol–water partition coefficient (Wildman–Crippen LogP) is 1.26. The van der Waals surface area contributed by atoms with Crippen LogP contribution in [0.15, 0.2) is 23.1 Å². The molecule has 3 unspecified atom stereocenters. The van der Waals surface area contributed by atoms with E-state index in [1.165, 1.54) is 12.1 Å². The van der Waals surface area contributed by atoms with Crippen LogP contribution in [0, 0.1) is 5.82 Å². The van der Waals surface area contributed by atoms with Gasteiger partial charge < -0.3 is 10.5 Å². The van der Waals surface area contributed by atoms with E-state index in [9.17, 15) is 12.8 Å². The fraction of sp³-hybridized carbons (Fsp3) is 0.500. The molecule has 2 rings (SSSR count). The zero-order valence-corrected chi connectivity index (χ0v) is 12.4. The van der Waals surface area contributed by atoms with Gasteiger partial charge in [-0.15, -0.1) is 0 Å². The van der Waals surface area contributed by atoms with Gasteiger partial charge in [-0.25, -0.2) is 17.5 Å². The van der Waals surface area contributed by atoms with Gasteiger partial charge in [0.15, 0.2) is 5.82 Å². The number of rotatable bonds is 5. The summed E-state index contributed by atoms with van der Waals surface area (Å²) < 4.78 is 45.9. The molecule has 1 aliphatic carbocycles. The van der Waals surface area contributed by atoms with Gasteiger partial charge in [0, 0.05) is 12.6 Å². The van der Waals surface area contributed by atoms with Gasteiger partial charge in [-0.05, 0) is 25.5 Å². The van der Waals surface area contributed by atoms with E-state index >= 15 is 0 Å². The van der Waals surface area contributed by atoms with Gasteiger partial charge in [0.05, 0.1) is 17.2 Å². The third-order valence-corrected chi connectivity index (χ3v) is 5.01. The van der Waals surface area contributed by atoms with Crippen LogP contribution in [0.25, 0.3) is 0 Å². The van der Waals surface area contributed by atoms with Crippen LogP contribution in [-0.4, -0.2) is 33.2 Å². The van der Waals surface area contributed by atoms with Gasteiger partial charge in [0.25, 0.3) is 0 Å². The molecule has 1 aliphatic rings. The molecular formula is C12H16ClFN2O3S. The number of halogens is 2. The van der Waals surface area contributed by atoms with Gasteiger partial charge >= 0.3 is 0 Å². The third-order valence-electron chi connectivity index (χ3n) is 3.24. The first kappa shape index (κ1) is 15.7. The topological polar surface area (TPSA) is 81.4 Å². The van der Waals surface area contributed by atoms with Crippen molar-refractivity contribution in [2.24, 2.45) is 5.73 Å². The van der Waals surface area contributed by atoms with Crippen molar-refractivity contribution in [1.82, 2.24) is 4.72 Å². The Morgan fingerprint density at radius 1 is 1.55 bits per heavy atom. The molecule has 0 aliphatic heterocycles. The van der Waals surface area contributed by atoms with Crippen LogP contribution in [0.4, 0.5) is 4.39 Å². The SMILES string of the molecule is CCOC1CC(N)C1NS(=O)(=O)c1cccc(Cl)c1F. The second-order valence-electron chi connectivity index (χ2n) is 4.59. The van der Waals surface area contributed by atoms with Crippen LogP contribution in [0.2, 0.25) is 5.02 Å². The molecule has 0 spiro atoms. The summed E-state index contributed by atoms with van der Waals surface area (Å²) in [6.07, 6.45) is 0.283. The standard InChI is InChI=1S/C12H16ClFN2O3S/c1-2-19-9-6-8(15)12(9)16-20(17,18)10-5-3-4-7(13)11(10)14/h3-5,8-9,12,16H,2,6,15H2,1H3. The van der Waals surface area contributed by atoms with E-state index in [0.29, 0.717) is 13.0 Å². The monoisotopic (exact) mass is 322 g/mol. The first-order valence-electron chi connectivity index (χ1n) is 6.20. The molecule has 1 saturated carbocycles. The molecule has 0 bridgehead atoms. The largest absolute Gasteiger partial charge is 0.377 e. The Bertz CT molecular complexity index is 594. The van der Waals surface area contributed by atoms with E-state index < -0.39 is 26.8 Å². The molecule has 1 aromatic carbocycles. The van der Waals surface area contributed by atoms with Gasteiger partial charge in [0.2, 0.25) is 10.0 Å². The number of nitrogens with one attached hydrogen (secondary N) is 1. The second-order valence-corrected chi connectivity index (χ2v) is 6.68. The molecule has 20 heavy (non-hydrogen) atoms. The average Bonchev–Trinajstić information content (AvgIpc) is 2.39. The van der Waals surface area contributed by atoms with Crippen molar-refractivity contribution < 1.29 is 17.5 Å². The van der Waals surface area contributed by atoms with Crippen LogP contribution in [0.1, 0.15) is 13.3 Å². The Hall–Kier alpha value is -0.730. The van der Waals surface area contributed by atoms with E-state index in [1.807, 2.05) is 6.92 Å². The quantitative estimate of drug-likeness (QED) is 0.855. The van der Waals surface area contributed by atoms with Gasteiger partial charge in [0.1, 0.15) is 4.90 Å². The van der Waals surface area contributed by atoms with Crippen LogP contribution in [0.3, 0.4) is 0 Å². The number of sulfonamides is 1. The first-order valence-corrected chi connectivity index (χ1v) is 8.06. The lowest BCUT2D eigenvalue weighted by Gasteiger charge is -2.42. The zero-order chi connectivity index (χ0) is 14.9. The van der Waals surface area contributed by atoms with Gasteiger partial charge in [-0.2, -0.15) is 0 Å². The summed E-state index contributed by atoms with van der Waals surface area (Å²) in [5, 5.41) is -0.243. The molecule has 0 saturated heterocycles. The van der Waals surface area contributed by atoms with E-state index in [1.54, 1.807) is 0 Å². The lowest BCUT2D eigenvalue weighted by molar-refractivity contribution is -0.0248. The lowest BCUT2D eigenvalue weighted by atomic mass is 9.84. The van der Waals surface area contributed by atoms with Crippen LogP contribution in [-0.2, 0) is 14.8 Å². The average molecular weight is 323 g/mol. The molecular weight excluding hydrogens is 307 g/mol. The summed E-state index contributed by atoms with van der Waals surface area (Å²) in [6, 6.07) is 2.92. The Labute approximate surface area is 122 Å². The van der Waals surface area contributed by atoms with Crippen LogP contribution < -0.4 is 10.5 Å². The summed E-state index contributed by atoms with van der Waals surface area (Å²) in [6.45, 7) is 2.27. The highest BCUT2D eigenvalue weighted by Gasteiger charge is 2.42. The Morgan fingerprint density at radius 3 is 2.85 bits per heavy atom. The first-order chi connectivity index (χ1) is 9.36. The molecule has 0 radical (unpaired) electrons. The fourth-order valence-electron chi connectivity index (χ4n) is 2.12. The summed E-state index contributed by atoms with van der Waals surface area (Å²) >= 11 is 5.59. The molecule has 8 heteroatoms. The lowest BCUT2D eigenvalue weighted by Crippen LogP contribution is -2.64. The second kappa shape index (κ2) is 5.95. The molecule has 1 fully saturated rings. The minimum absolute atomic E-state index is 0.243.